The lowest BCUT2D eigenvalue weighted by atomic mass is 9.94. The van der Waals surface area contributed by atoms with Gasteiger partial charge >= 0.3 is 0 Å². The lowest BCUT2D eigenvalue weighted by Gasteiger charge is -2.45. The molecule has 1 rings (SSSR count). The first-order chi connectivity index (χ1) is 5.29. The van der Waals surface area contributed by atoms with E-state index >= 15 is 0 Å². The molecule has 0 aromatic rings. The van der Waals surface area contributed by atoms with Gasteiger partial charge in [-0.1, -0.05) is 0 Å². The highest BCUT2D eigenvalue weighted by Gasteiger charge is 2.57. The second-order valence-corrected chi connectivity index (χ2v) is 3.03. The summed E-state index contributed by atoms with van der Waals surface area (Å²) in [6.07, 6.45) is -3.26. The molecule has 0 aromatic carbocycles. The normalized spacial score (nSPS) is 47.5. The molecule has 0 amide bonds. The predicted octanol–water partition coefficient (Wildman–Crippen LogP) is -2.87. The first kappa shape index (κ1) is 9.85. The van der Waals surface area contributed by atoms with Crippen LogP contribution < -0.4 is 0 Å². The molecule has 5 N–H and O–H groups in total. The zero-order valence-electron chi connectivity index (χ0n) is 6.51. The van der Waals surface area contributed by atoms with Gasteiger partial charge in [-0.3, -0.25) is 0 Å². The minimum atomic E-state index is -2.86. The molecule has 1 fully saturated rings. The van der Waals surface area contributed by atoms with Crippen LogP contribution in [-0.2, 0) is 4.74 Å². The number of ether oxygens (including phenoxy) is 1. The molecule has 1 aliphatic rings. The lowest BCUT2D eigenvalue weighted by molar-refractivity contribution is -0.425. The van der Waals surface area contributed by atoms with Crippen LogP contribution in [-0.4, -0.2) is 55.9 Å². The van der Waals surface area contributed by atoms with Crippen LogP contribution >= 0.6 is 0 Å². The third kappa shape index (κ3) is 1.22. The summed E-state index contributed by atoms with van der Waals surface area (Å²) >= 11 is 0. The topological polar surface area (TPSA) is 110 Å². The number of aliphatic hydroxyl groups is 5. The van der Waals surface area contributed by atoms with Gasteiger partial charge in [0.1, 0.15) is 12.2 Å². The number of rotatable bonds is 0. The third-order valence-corrected chi connectivity index (χ3v) is 1.99. The van der Waals surface area contributed by atoms with Crippen molar-refractivity contribution in [2.75, 3.05) is 6.61 Å². The van der Waals surface area contributed by atoms with E-state index in [1.165, 1.54) is 0 Å². The summed E-state index contributed by atoms with van der Waals surface area (Å²) in [5.74, 6) is -5.13. The Morgan fingerprint density at radius 2 is 1.75 bits per heavy atom. The fraction of sp³-hybridized carbons (Fsp3) is 1.00. The van der Waals surface area contributed by atoms with Crippen LogP contribution in [0.4, 0.5) is 0 Å². The van der Waals surface area contributed by atoms with Gasteiger partial charge in [0.05, 0.1) is 6.61 Å². The van der Waals surface area contributed by atoms with Gasteiger partial charge in [0, 0.05) is 0 Å². The van der Waals surface area contributed by atoms with Gasteiger partial charge in [-0.2, -0.15) is 0 Å². The van der Waals surface area contributed by atoms with Crippen LogP contribution in [0, 0.1) is 0 Å². The Hall–Kier alpha value is -0.240. The molecule has 3 atom stereocenters. The van der Waals surface area contributed by atoms with Crippen molar-refractivity contribution in [2.45, 2.75) is 30.7 Å². The molecule has 0 saturated carbocycles. The summed E-state index contributed by atoms with van der Waals surface area (Å²) in [6.45, 7) is 0.638. The van der Waals surface area contributed by atoms with Gasteiger partial charge in [-0.05, 0) is 6.92 Å². The van der Waals surface area contributed by atoms with Crippen LogP contribution in [0.5, 0.6) is 0 Å². The van der Waals surface area contributed by atoms with E-state index in [9.17, 15) is 5.11 Å². The van der Waals surface area contributed by atoms with Crippen LogP contribution in [0.15, 0.2) is 0 Å². The minimum absolute atomic E-state index is 0.350. The smallest absolute Gasteiger partial charge is 0.247 e. The molecule has 3 unspecified atom stereocenters. The van der Waals surface area contributed by atoms with E-state index in [4.69, 9.17) is 20.4 Å². The molecule has 6 heteroatoms. The lowest BCUT2D eigenvalue weighted by Crippen LogP contribution is -2.68. The number of hydrogen-bond acceptors (Lipinski definition) is 6. The fourth-order valence-electron chi connectivity index (χ4n) is 0.988. The summed E-state index contributed by atoms with van der Waals surface area (Å²) in [5.41, 5.74) is 0. The highest BCUT2D eigenvalue weighted by Crippen LogP contribution is 2.30. The molecule has 0 aliphatic carbocycles. The van der Waals surface area contributed by atoms with Crippen molar-refractivity contribution in [1.29, 1.82) is 0 Å². The quantitative estimate of drug-likeness (QED) is 0.256. The van der Waals surface area contributed by atoms with E-state index in [1.54, 1.807) is 0 Å². The first-order valence-corrected chi connectivity index (χ1v) is 3.46. The summed E-state index contributed by atoms with van der Waals surface area (Å²) in [5, 5.41) is 45.4. The molecule has 72 valence electrons. The zero-order chi connectivity index (χ0) is 9.57. The Bertz CT molecular complexity index is 177. The molecule has 0 spiro atoms. The van der Waals surface area contributed by atoms with Crippen molar-refractivity contribution in [1.82, 2.24) is 0 Å². The van der Waals surface area contributed by atoms with Crippen molar-refractivity contribution in [3.05, 3.63) is 0 Å². The Labute approximate surface area is 68.6 Å². The van der Waals surface area contributed by atoms with Crippen molar-refractivity contribution < 1.29 is 30.3 Å². The Morgan fingerprint density at radius 1 is 1.25 bits per heavy atom. The summed E-state index contributed by atoms with van der Waals surface area (Å²) in [6, 6.07) is 0. The van der Waals surface area contributed by atoms with E-state index in [0.29, 0.717) is 0 Å². The second-order valence-electron chi connectivity index (χ2n) is 3.03. The summed E-state index contributed by atoms with van der Waals surface area (Å²) in [7, 11) is 0. The Kier molecular flexibility index (Phi) is 2.15. The van der Waals surface area contributed by atoms with Gasteiger partial charge in [0.25, 0.3) is 0 Å². The standard InChI is InChI=1S/C6H12O6/c1-5(9)6(10,11)4(8)3(7)2-12-5/h3-4,7-11H,2H2,1H3. The molecule has 1 heterocycles. The molecule has 6 nitrogen and oxygen atoms in total. The van der Waals surface area contributed by atoms with E-state index in [1.807, 2.05) is 0 Å². The fourth-order valence-corrected chi connectivity index (χ4v) is 0.988. The second kappa shape index (κ2) is 2.63. The van der Waals surface area contributed by atoms with E-state index in [0.717, 1.165) is 6.92 Å². The Morgan fingerprint density at radius 3 is 2.17 bits per heavy atom. The highest BCUT2D eigenvalue weighted by molar-refractivity contribution is 4.94. The maximum absolute atomic E-state index is 9.20. The highest BCUT2D eigenvalue weighted by atomic mass is 16.7. The third-order valence-electron chi connectivity index (χ3n) is 1.99. The number of hydrogen-bond donors (Lipinski definition) is 5. The van der Waals surface area contributed by atoms with Crippen molar-refractivity contribution in [3.8, 4) is 0 Å². The first-order valence-electron chi connectivity index (χ1n) is 3.46. The van der Waals surface area contributed by atoms with Crippen molar-refractivity contribution in [3.63, 3.8) is 0 Å². The molecular formula is C6H12O6. The molecule has 0 bridgehead atoms. The minimum Gasteiger partial charge on any atom is -0.388 e. The molecule has 0 radical (unpaired) electrons. The SMILES string of the molecule is CC1(O)OCC(O)C(O)C1(O)O. The number of aliphatic hydroxyl groups excluding tert-OH is 2. The molecular weight excluding hydrogens is 168 g/mol. The van der Waals surface area contributed by atoms with Gasteiger partial charge in [0.2, 0.25) is 11.6 Å². The largest absolute Gasteiger partial charge is 0.388 e. The molecule has 1 aliphatic heterocycles. The van der Waals surface area contributed by atoms with Gasteiger partial charge < -0.3 is 30.3 Å². The molecule has 12 heavy (non-hydrogen) atoms. The average Bonchev–Trinajstić information content (AvgIpc) is 1.96. The van der Waals surface area contributed by atoms with Crippen LogP contribution in [0.1, 0.15) is 6.92 Å². The van der Waals surface area contributed by atoms with Crippen LogP contribution in [0.25, 0.3) is 0 Å². The Balaban J connectivity index is 2.88. The average molecular weight is 180 g/mol. The van der Waals surface area contributed by atoms with Gasteiger partial charge in [-0.25, -0.2) is 0 Å². The van der Waals surface area contributed by atoms with Crippen molar-refractivity contribution >= 4 is 0 Å². The molecule has 1 saturated heterocycles. The van der Waals surface area contributed by atoms with Gasteiger partial charge in [0.15, 0.2) is 0 Å². The van der Waals surface area contributed by atoms with Crippen LogP contribution in [0.3, 0.4) is 0 Å². The summed E-state index contributed by atoms with van der Waals surface area (Å²) in [4.78, 5) is 0. The molecule has 0 aromatic heterocycles. The van der Waals surface area contributed by atoms with Crippen molar-refractivity contribution in [2.24, 2.45) is 0 Å². The van der Waals surface area contributed by atoms with Crippen LogP contribution in [0.2, 0.25) is 0 Å². The predicted molar refractivity (Wildman–Crippen MR) is 35.8 cm³/mol. The van der Waals surface area contributed by atoms with E-state index in [-0.39, 0.29) is 6.61 Å². The monoisotopic (exact) mass is 180 g/mol. The van der Waals surface area contributed by atoms with E-state index in [2.05, 4.69) is 4.74 Å². The van der Waals surface area contributed by atoms with E-state index < -0.39 is 23.8 Å². The van der Waals surface area contributed by atoms with Gasteiger partial charge in [-0.15, -0.1) is 0 Å². The maximum atomic E-state index is 9.20. The summed E-state index contributed by atoms with van der Waals surface area (Å²) < 4.78 is 4.51. The zero-order valence-corrected chi connectivity index (χ0v) is 6.51. The maximum Gasteiger partial charge on any atom is 0.247 e.